The van der Waals surface area contributed by atoms with Crippen LogP contribution in [-0.2, 0) is 13.1 Å². The minimum absolute atomic E-state index is 0.466. The van der Waals surface area contributed by atoms with Gasteiger partial charge in [-0.1, -0.05) is 6.07 Å². The molecule has 3 aromatic heterocycles. The van der Waals surface area contributed by atoms with Gasteiger partial charge in [0.1, 0.15) is 5.65 Å². The standard InChI is InChI=1S/C16H19N5/c1-2-20(12-13-6-8-18-9-7-13)16-14(11-17)21-10-4-3-5-15(21)19-16/h3-10H,2,11-12,17H2,1H3. The summed E-state index contributed by atoms with van der Waals surface area (Å²) in [5.74, 6) is 0.961. The van der Waals surface area contributed by atoms with Crippen molar-refractivity contribution in [2.24, 2.45) is 5.73 Å². The van der Waals surface area contributed by atoms with Crippen LogP contribution >= 0.6 is 0 Å². The topological polar surface area (TPSA) is 59.5 Å². The maximum atomic E-state index is 5.95. The Hall–Kier alpha value is -2.40. The number of anilines is 1. The molecule has 0 radical (unpaired) electrons. The molecule has 0 fully saturated rings. The van der Waals surface area contributed by atoms with Crippen LogP contribution in [0.2, 0.25) is 0 Å². The van der Waals surface area contributed by atoms with Gasteiger partial charge in [-0.2, -0.15) is 0 Å². The van der Waals surface area contributed by atoms with E-state index >= 15 is 0 Å². The lowest BCUT2D eigenvalue weighted by molar-refractivity contribution is 0.802. The van der Waals surface area contributed by atoms with Crippen molar-refractivity contribution < 1.29 is 0 Å². The zero-order valence-electron chi connectivity index (χ0n) is 12.1. The molecule has 108 valence electrons. The summed E-state index contributed by atoms with van der Waals surface area (Å²) >= 11 is 0. The summed E-state index contributed by atoms with van der Waals surface area (Å²) in [4.78, 5) is 11.0. The second kappa shape index (κ2) is 5.93. The monoisotopic (exact) mass is 281 g/mol. The summed E-state index contributed by atoms with van der Waals surface area (Å²) in [6, 6.07) is 10.0. The molecule has 5 nitrogen and oxygen atoms in total. The van der Waals surface area contributed by atoms with Crippen LogP contribution in [0, 0.1) is 0 Å². The van der Waals surface area contributed by atoms with Gasteiger partial charge in [0.25, 0.3) is 0 Å². The highest BCUT2D eigenvalue weighted by Gasteiger charge is 2.16. The predicted octanol–water partition coefficient (Wildman–Crippen LogP) is 2.21. The molecule has 0 aliphatic carbocycles. The highest BCUT2D eigenvalue weighted by atomic mass is 15.2. The summed E-state index contributed by atoms with van der Waals surface area (Å²) in [5.41, 5.74) is 9.14. The van der Waals surface area contributed by atoms with Crippen molar-refractivity contribution in [3.63, 3.8) is 0 Å². The van der Waals surface area contributed by atoms with Crippen molar-refractivity contribution in [1.82, 2.24) is 14.4 Å². The third-order valence-electron chi connectivity index (χ3n) is 3.61. The van der Waals surface area contributed by atoms with Gasteiger partial charge in [-0.25, -0.2) is 4.98 Å². The molecule has 3 aromatic rings. The van der Waals surface area contributed by atoms with Gasteiger partial charge in [-0.3, -0.25) is 4.98 Å². The molecule has 5 heteroatoms. The van der Waals surface area contributed by atoms with Crippen molar-refractivity contribution in [2.75, 3.05) is 11.4 Å². The molecule has 0 aromatic carbocycles. The van der Waals surface area contributed by atoms with E-state index in [0.717, 1.165) is 30.2 Å². The first-order valence-electron chi connectivity index (χ1n) is 7.13. The fourth-order valence-corrected chi connectivity index (χ4v) is 2.52. The van der Waals surface area contributed by atoms with Crippen molar-refractivity contribution >= 4 is 11.5 Å². The van der Waals surface area contributed by atoms with Gasteiger partial charge >= 0.3 is 0 Å². The molecule has 3 heterocycles. The zero-order chi connectivity index (χ0) is 14.7. The number of fused-ring (bicyclic) bond motifs is 1. The number of hydrogen-bond donors (Lipinski definition) is 1. The summed E-state index contributed by atoms with van der Waals surface area (Å²) in [6.07, 6.45) is 5.64. The number of hydrogen-bond acceptors (Lipinski definition) is 4. The minimum atomic E-state index is 0.466. The van der Waals surface area contributed by atoms with E-state index in [4.69, 9.17) is 10.7 Å². The van der Waals surface area contributed by atoms with E-state index in [-0.39, 0.29) is 0 Å². The smallest absolute Gasteiger partial charge is 0.152 e. The van der Waals surface area contributed by atoms with Crippen molar-refractivity contribution in [1.29, 1.82) is 0 Å². The van der Waals surface area contributed by atoms with Gasteiger partial charge in [-0.05, 0) is 36.8 Å². The molecule has 0 spiro atoms. The number of imidazole rings is 1. The Labute approximate surface area is 124 Å². The highest BCUT2D eigenvalue weighted by Crippen LogP contribution is 2.22. The lowest BCUT2D eigenvalue weighted by atomic mass is 10.2. The molecule has 0 atom stereocenters. The van der Waals surface area contributed by atoms with Crippen molar-refractivity contribution in [3.05, 3.63) is 60.2 Å². The van der Waals surface area contributed by atoms with Crippen LogP contribution in [0.25, 0.3) is 5.65 Å². The maximum absolute atomic E-state index is 5.95. The molecular weight excluding hydrogens is 262 g/mol. The Balaban J connectivity index is 2.00. The Bertz CT molecular complexity index is 720. The van der Waals surface area contributed by atoms with Crippen LogP contribution in [0.4, 0.5) is 5.82 Å². The molecule has 0 saturated carbocycles. The minimum Gasteiger partial charge on any atom is -0.351 e. The van der Waals surface area contributed by atoms with Crippen LogP contribution < -0.4 is 10.6 Å². The van der Waals surface area contributed by atoms with Crippen LogP contribution in [0.1, 0.15) is 18.2 Å². The van der Waals surface area contributed by atoms with Crippen LogP contribution in [0.5, 0.6) is 0 Å². The summed E-state index contributed by atoms with van der Waals surface area (Å²) < 4.78 is 2.06. The van der Waals surface area contributed by atoms with E-state index < -0.39 is 0 Å². The van der Waals surface area contributed by atoms with Crippen LogP contribution in [-0.4, -0.2) is 20.9 Å². The van der Waals surface area contributed by atoms with E-state index in [2.05, 4.69) is 21.2 Å². The Morgan fingerprint density at radius 2 is 2.00 bits per heavy atom. The van der Waals surface area contributed by atoms with E-state index in [0.29, 0.717) is 6.54 Å². The molecule has 0 bridgehead atoms. The van der Waals surface area contributed by atoms with Gasteiger partial charge < -0.3 is 15.0 Å². The van der Waals surface area contributed by atoms with E-state index in [1.54, 1.807) is 0 Å². The molecule has 0 amide bonds. The molecule has 21 heavy (non-hydrogen) atoms. The van der Waals surface area contributed by atoms with Crippen molar-refractivity contribution in [2.45, 2.75) is 20.0 Å². The fraction of sp³-hybridized carbons (Fsp3) is 0.250. The number of pyridine rings is 2. The first-order valence-corrected chi connectivity index (χ1v) is 7.13. The van der Waals surface area contributed by atoms with Crippen LogP contribution in [0.15, 0.2) is 48.9 Å². The lowest BCUT2D eigenvalue weighted by Crippen LogP contribution is -2.24. The number of nitrogens with two attached hydrogens (primary N) is 1. The Morgan fingerprint density at radius 1 is 1.19 bits per heavy atom. The van der Waals surface area contributed by atoms with Gasteiger partial charge in [0.05, 0.1) is 5.69 Å². The van der Waals surface area contributed by atoms with Gasteiger partial charge in [-0.15, -0.1) is 0 Å². The Kier molecular flexibility index (Phi) is 3.83. The summed E-state index contributed by atoms with van der Waals surface area (Å²) in [7, 11) is 0. The molecule has 0 aliphatic heterocycles. The van der Waals surface area contributed by atoms with E-state index in [1.165, 1.54) is 5.56 Å². The second-order valence-electron chi connectivity index (χ2n) is 4.88. The predicted molar refractivity (Wildman–Crippen MR) is 84.0 cm³/mol. The first-order chi connectivity index (χ1) is 10.3. The zero-order valence-corrected chi connectivity index (χ0v) is 12.1. The van der Waals surface area contributed by atoms with Crippen LogP contribution in [0.3, 0.4) is 0 Å². The number of aromatic nitrogens is 3. The Morgan fingerprint density at radius 3 is 2.71 bits per heavy atom. The van der Waals surface area contributed by atoms with Crippen molar-refractivity contribution in [3.8, 4) is 0 Å². The molecule has 2 N–H and O–H groups in total. The van der Waals surface area contributed by atoms with E-state index in [1.807, 2.05) is 48.9 Å². The average Bonchev–Trinajstić information content (AvgIpc) is 2.92. The van der Waals surface area contributed by atoms with Gasteiger partial charge in [0, 0.05) is 38.2 Å². The summed E-state index contributed by atoms with van der Waals surface area (Å²) in [6.45, 7) is 4.27. The molecular formula is C16H19N5. The molecule has 0 saturated heterocycles. The maximum Gasteiger partial charge on any atom is 0.152 e. The molecule has 0 unspecified atom stereocenters. The first kappa shape index (κ1) is 13.6. The highest BCUT2D eigenvalue weighted by molar-refractivity contribution is 5.56. The number of rotatable bonds is 5. The van der Waals surface area contributed by atoms with Gasteiger partial charge in [0.15, 0.2) is 5.82 Å². The SMILES string of the molecule is CCN(Cc1ccncc1)c1nc2ccccn2c1CN. The second-order valence-corrected chi connectivity index (χ2v) is 4.88. The largest absolute Gasteiger partial charge is 0.351 e. The fourth-order valence-electron chi connectivity index (χ4n) is 2.52. The number of nitrogens with zero attached hydrogens (tertiary/aromatic N) is 4. The third-order valence-corrected chi connectivity index (χ3v) is 3.61. The van der Waals surface area contributed by atoms with Gasteiger partial charge in [0.2, 0.25) is 0 Å². The normalized spacial score (nSPS) is 11.0. The average molecular weight is 281 g/mol. The third kappa shape index (κ3) is 2.60. The molecule has 3 rings (SSSR count). The quantitative estimate of drug-likeness (QED) is 0.779. The molecule has 0 aliphatic rings. The van der Waals surface area contributed by atoms with E-state index in [9.17, 15) is 0 Å². The summed E-state index contributed by atoms with van der Waals surface area (Å²) in [5, 5.41) is 0. The lowest BCUT2D eigenvalue weighted by Gasteiger charge is -2.21.